The third-order valence-electron chi connectivity index (χ3n) is 3.21. The van der Waals surface area contributed by atoms with Crippen LogP contribution in [0, 0.1) is 13.8 Å². The maximum absolute atomic E-state index is 12.3. The van der Waals surface area contributed by atoms with Crippen molar-refractivity contribution in [1.29, 1.82) is 0 Å². The van der Waals surface area contributed by atoms with Crippen molar-refractivity contribution in [3.8, 4) is 0 Å². The van der Waals surface area contributed by atoms with Gasteiger partial charge in [0.15, 0.2) is 5.76 Å². The fourth-order valence-corrected chi connectivity index (χ4v) is 2.12. The average molecular weight is 290 g/mol. The van der Waals surface area contributed by atoms with Gasteiger partial charge in [-0.15, -0.1) is 0 Å². The third-order valence-corrected chi connectivity index (χ3v) is 3.21. The van der Waals surface area contributed by atoms with Gasteiger partial charge in [0.1, 0.15) is 11.4 Å². The highest BCUT2D eigenvalue weighted by atomic mass is 16.5. The molecule has 0 unspecified atom stereocenters. The van der Waals surface area contributed by atoms with Crippen LogP contribution in [0.5, 0.6) is 0 Å². The second-order valence-electron chi connectivity index (χ2n) is 4.70. The molecule has 0 fully saturated rings. The van der Waals surface area contributed by atoms with E-state index in [0.717, 1.165) is 0 Å². The van der Waals surface area contributed by atoms with Crippen molar-refractivity contribution in [3.63, 3.8) is 0 Å². The van der Waals surface area contributed by atoms with Gasteiger partial charge in [0.05, 0.1) is 5.69 Å². The number of urea groups is 1. The predicted octanol–water partition coefficient (Wildman–Crippen LogP) is 2.14. The molecule has 0 spiro atoms. The van der Waals surface area contributed by atoms with E-state index in [2.05, 4.69) is 10.5 Å². The molecule has 0 bridgehead atoms. The molecule has 0 aliphatic carbocycles. The lowest BCUT2D eigenvalue weighted by Gasteiger charge is -2.17. The van der Waals surface area contributed by atoms with Gasteiger partial charge in [-0.25, -0.2) is 4.79 Å². The number of hydrogen-bond donors (Lipinski definition) is 1. The lowest BCUT2D eigenvalue weighted by Crippen LogP contribution is -2.32. The van der Waals surface area contributed by atoms with Crippen LogP contribution in [0.1, 0.15) is 18.4 Å². The molecule has 1 N–H and O–H groups in total. The van der Waals surface area contributed by atoms with Gasteiger partial charge in [-0.2, -0.15) is 0 Å². The van der Waals surface area contributed by atoms with Crippen molar-refractivity contribution in [2.45, 2.75) is 27.3 Å². The topological polar surface area (TPSA) is 80.4 Å². The number of nitrogens with one attached hydrogen (secondary N) is 1. The van der Waals surface area contributed by atoms with E-state index in [1.165, 1.54) is 15.5 Å². The number of rotatable bonds is 3. The van der Waals surface area contributed by atoms with Crippen LogP contribution in [0.2, 0.25) is 0 Å². The first-order valence-electron chi connectivity index (χ1n) is 6.62. The molecule has 0 aliphatic rings. The van der Waals surface area contributed by atoms with Crippen molar-refractivity contribution < 1.29 is 9.32 Å². The van der Waals surface area contributed by atoms with E-state index < -0.39 is 0 Å². The number of carbonyl (C=O) groups is 1. The molecule has 0 aromatic carbocycles. The van der Waals surface area contributed by atoms with Gasteiger partial charge >= 0.3 is 6.03 Å². The quantitative estimate of drug-likeness (QED) is 0.939. The normalized spacial score (nSPS) is 10.5. The van der Waals surface area contributed by atoms with E-state index in [1.807, 2.05) is 6.92 Å². The molecule has 2 rings (SSSR count). The number of amides is 2. The van der Waals surface area contributed by atoms with Crippen LogP contribution in [0.3, 0.4) is 0 Å². The van der Waals surface area contributed by atoms with Gasteiger partial charge in [-0.1, -0.05) is 5.16 Å². The molecule has 2 amide bonds. The first-order valence-corrected chi connectivity index (χ1v) is 6.62. The van der Waals surface area contributed by atoms with E-state index in [0.29, 0.717) is 29.4 Å². The molecule has 0 radical (unpaired) electrons. The highest BCUT2D eigenvalue weighted by Crippen LogP contribution is 2.23. The molecule has 112 valence electrons. The fourth-order valence-electron chi connectivity index (χ4n) is 2.12. The first-order chi connectivity index (χ1) is 9.93. The molecule has 2 heterocycles. The molecular weight excluding hydrogens is 272 g/mol. The molecule has 0 saturated carbocycles. The zero-order valence-corrected chi connectivity index (χ0v) is 12.5. The highest BCUT2D eigenvalue weighted by molar-refractivity contribution is 6.01. The second-order valence-corrected chi connectivity index (χ2v) is 4.70. The number of anilines is 2. The molecule has 2 aromatic rings. The smallest absolute Gasteiger partial charge is 0.326 e. The van der Waals surface area contributed by atoms with E-state index in [-0.39, 0.29) is 11.6 Å². The summed E-state index contributed by atoms with van der Waals surface area (Å²) in [5, 5.41) is 6.57. The SMILES string of the molecule is CCn1cc(NC(=O)N(C)c2c(C)noc2C)ccc1=O. The maximum Gasteiger partial charge on any atom is 0.326 e. The Morgan fingerprint density at radius 3 is 2.71 bits per heavy atom. The van der Waals surface area contributed by atoms with Crippen molar-refractivity contribution in [1.82, 2.24) is 9.72 Å². The number of pyridine rings is 1. The Hall–Kier alpha value is -2.57. The Kier molecular flexibility index (Phi) is 4.11. The molecular formula is C14H18N4O3. The number of nitrogens with zero attached hydrogens (tertiary/aromatic N) is 3. The minimum absolute atomic E-state index is 0.102. The molecule has 7 nitrogen and oxygen atoms in total. The summed E-state index contributed by atoms with van der Waals surface area (Å²) in [6.07, 6.45) is 1.61. The second kappa shape index (κ2) is 5.82. The van der Waals surface area contributed by atoms with Gasteiger partial charge in [0.25, 0.3) is 5.56 Å². The summed E-state index contributed by atoms with van der Waals surface area (Å²) in [7, 11) is 1.64. The van der Waals surface area contributed by atoms with Crippen LogP contribution in [-0.4, -0.2) is 22.8 Å². The van der Waals surface area contributed by atoms with Crippen molar-refractivity contribution in [3.05, 3.63) is 40.1 Å². The maximum atomic E-state index is 12.3. The average Bonchev–Trinajstić information content (AvgIpc) is 2.79. The number of hydrogen-bond acceptors (Lipinski definition) is 4. The van der Waals surface area contributed by atoms with Gasteiger partial charge in [0.2, 0.25) is 0 Å². The van der Waals surface area contributed by atoms with Crippen molar-refractivity contribution in [2.75, 3.05) is 17.3 Å². The largest absolute Gasteiger partial charge is 0.359 e. The number of aryl methyl sites for hydroxylation is 3. The lowest BCUT2D eigenvalue weighted by molar-refractivity contribution is 0.258. The van der Waals surface area contributed by atoms with Gasteiger partial charge < -0.3 is 14.4 Å². The molecule has 2 aromatic heterocycles. The zero-order chi connectivity index (χ0) is 15.6. The van der Waals surface area contributed by atoms with Crippen molar-refractivity contribution >= 4 is 17.4 Å². The first kappa shape index (κ1) is 14.8. The summed E-state index contributed by atoms with van der Waals surface area (Å²) >= 11 is 0. The predicted molar refractivity (Wildman–Crippen MR) is 79.8 cm³/mol. The Morgan fingerprint density at radius 2 is 2.14 bits per heavy atom. The minimum atomic E-state index is -0.328. The van der Waals surface area contributed by atoms with E-state index >= 15 is 0 Å². The Labute approximate surface area is 122 Å². The van der Waals surface area contributed by atoms with Crippen LogP contribution in [-0.2, 0) is 6.54 Å². The summed E-state index contributed by atoms with van der Waals surface area (Å²) in [4.78, 5) is 25.2. The van der Waals surface area contributed by atoms with E-state index in [9.17, 15) is 9.59 Å². The Morgan fingerprint density at radius 1 is 1.43 bits per heavy atom. The zero-order valence-electron chi connectivity index (χ0n) is 12.5. The van der Waals surface area contributed by atoms with Crippen LogP contribution >= 0.6 is 0 Å². The number of carbonyl (C=O) groups excluding carboxylic acids is 1. The lowest BCUT2D eigenvalue weighted by atomic mass is 10.3. The number of aromatic nitrogens is 2. The van der Waals surface area contributed by atoms with Crippen LogP contribution < -0.4 is 15.8 Å². The van der Waals surface area contributed by atoms with E-state index in [4.69, 9.17) is 4.52 Å². The molecule has 0 atom stereocenters. The Bertz CT molecular complexity index is 698. The van der Waals surface area contributed by atoms with Crippen LogP contribution in [0.25, 0.3) is 0 Å². The summed E-state index contributed by atoms with van der Waals surface area (Å²) in [5.74, 6) is 0.573. The molecule has 0 saturated heterocycles. The monoisotopic (exact) mass is 290 g/mol. The highest BCUT2D eigenvalue weighted by Gasteiger charge is 2.19. The van der Waals surface area contributed by atoms with Crippen molar-refractivity contribution in [2.24, 2.45) is 0 Å². The minimum Gasteiger partial charge on any atom is -0.359 e. The van der Waals surface area contributed by atoms with Gasteiger partial charge in [-0.3, -0.25) is 9.69 Å². The standard InChI is InChI=1S/C14H18N4O3/c1-5-18-8-11(6-7-12(18)19)15-14(20)17(4)13-9(2)16-21-10(13)3/h6-8H,5H2,1-4H3,(H,15,20). The van der Waals surface area contributed by atoms with Crippen LogP contribution in [0.4, 0.5) is 16.2 Å². The summed E-state index contributed by atoms with van der Waals surface area (Å²) in [6.45, 7) is 5.93. The molecule has 0 aliphatic heterocycles. The summed E-state index contributed by atoms with van der Waals surface area (Å²) in [5.41, 5.74) is 1.73. The fraction of sp³-hybridized carbons (Fsp3) is 0.357. The van der Waals surface area contributed by atoms with Gasteiger partial charge in [0, 0.05) is 25.9 Å². The summed E-state index contributed by atoms with van der Waals surface area (Å²) in [6, 6.07) is 2.67. The van der Waals surface area contributed by atoms with Gasteiger partial charge in [-0.05, 0) is 26.8 Å². The van der Waals surface area contributed by atoms with Crippen LogP contribution in [0.15, 0.2) is 27.6 Å². The third kappa shape index (κ3) is 2.96. The Balaban J connectivity index is 2.20. The molecule has 21 heavy (non-hydrogen) atoms. The molecule has 7 heteroatoms. The van der Waals surface area contributed by atoms with E-state index in [1.54, 1.807) is 33.2 Å². The summed E-state index contributed by atoms with van der Waals surface area (Å²) < 4.78 is 6.57.